The molecular weight excluding hydrogens is 104 g/mol. The van der Waals surface area contributed by atoms with Gasteiger partial charge in [-0.15, -0.1) is 0 Å². The molecule has 1 heterocycles. The molecule has 1 atom stereocenters. The molecule has 0 saturated carbocycles. The van der Waals surface area contributed by atoms with Crippen molar-refractivity contribution < 1.29 is 9.84 Å². The van der Waals surface area contributed by atoms with Gasteiger partial charge in [0.15, 0.2) is 6.29 Å². The molecule has 1 saturated heterocycles. The Labute approximate surface area is 49.5 Å². The maximum Gasteiger partial charge on any atom is 0.159 e. The second kappa shape index (κ2) is 1.71. The zero-order chi connectivity index (χ0) is 6.20. The molecule has 0 aromatic carbocycles. The molecule has 1 N–H and O–H groups in total. The highest BCUT2D eigenvalue weighted by Gasteiger charge is 2.33. The number of hydrogen-bond donors (Lipinski definition) is 1. The molecule has 1 unspecified atom stereocenters. The molecule has 0 bridgehead atoms. The summed E-state index contributed by atoms with van der Waals surface area (Å²) in [5.41, 5.74) is -0.0139. The van der Waals surface area contributed by atoms with Gasteiger partial charge in [-0.2, -0.15) is 0 Å². The molecule has 0 aromatic rings. The smallest absolute Gasteiger partial charge is 0.159 e. The Kier molecular flexibility index (Phi) is 1.29. The second-order valence-corrected chi connectivity index (χ2v) is 2.96. The van der Waals surface area contributed by atoms with E-state index in [2.05, 4.69) is 0 Å². The lowest BCUT2D eigenvalue weighted by molar-refractivity contribution is -0.106. The van der Waals surface area contributed by atoms with Crippen molar-refractivity contribution in [2.75, 3.05) is 6.61 Å². The fourth-order valence-corrected chi connectivity index (χ4v) is 0.783. The average Bonchev–Trinajstić information content (AvgIpc) is 1.86. The van der Waals surface area contributed by atoms with Crippen LogP contribution in [0.1, 0.15) is 20.3 Å². The van der Waals surface area contributed by atoms with Crippen molar-refractivity contribution in [3.63, 3.8) is 0 Å². The Bertz CT molecular complexity index is 88.5. The highest BCUT2D eigenvalue weighted by Crippen LogP contribution is 2.31. The third-order valence-corrected chi connectivity index (χ3v) is 1.69. The number of rotatable bonds is 0. The lowest BCUT2D eigenvalue weighted by atomic mass is 9.91. The monoisotopic (exact) mass is 116 g/mol. The minimum Gasteiger partial charge on any atom is -0.368 e. The summed E-state index contributed by atoms with van der Waals surface area (Å²) in [4.78, 5) is 0. The van der Waals surface area contributed by atoms with Crippen LogP contribution >= 0.6 is 0 Å². The van der Waals surface area contributed by atoms with Crippen LogP contribution in [-0.2, 0) is 4.74 Å². The molecule has 48 valence electrons. The summed E-state index contributed by atoms with van der Waals surface area (Å²) < 4.78 is 4.92. The molecular formula is C6H12O2. The minimum atomic E-state index is -0.539. The van der Waals surface area contributed by atoms with Gasteiger partial charge < -0.3 is 9.84 Å². The van der Waals surface area contributed by atoms with Crippen LogP contribution in [-0.4, -0.2) is 18.0 Å². The summed E-state index contributed by atoms with van der Waals surface area (Å²) in [5.74, 6) is 0. The lowest BCUT2D eigenvalue weighted by Crippen LogP contribution is -2.23. The summed E-state index contributed by atoms with van der Waals surface area (Å²) in [6, 6.07) is 0. The summed E-state index contributed by atoms with van der Waals surface area (Å²) in [5, 5.41) is 9.03. The molecule has 1 rings (SSSR count). The Morgan fingerprint density at radius 2 is 2.25 bits per heavy atom. The Balaban J connectivity index is 2.54. The first-order valence-corrected chi connectivity index (χ1v) is 2.92. The molecule has 0 aliphatic carbocycles. The average molecular weight is 116 g/mol. The fourth-order valence-electron chi connectivity index (χ4n) is 0.783. The molecule has 0 radical (unpaired) electrons. The standard InChI is InChI=1S/C6H12O2/c1-6(2)3-4-8-5(6)7/h5,7H,3-4H2,1-2H3. The predicted molar refractivity (Wildman–Crippen MR) is 30.4 cm³/mol. The van der Waals surface area contributed by atoms with Crippen molar-refractivity contribution in [3.05, 3.63) is 0 Å². The Hall–Kier alpha value is -0.0800. The highest BCUT2D eigenvalue weighted by atomic mass is 16.6. The summed E-state index contributed by atoms with van der Waals surface area (Å²) in [6.07, 6.45) is 0.427. The molecule has 0 spiro atoms. The van der Waals surface area contributed by atoms with Crippen molar-refractivity contribution in [2.45, 2.75) is 26.6 Å². The molecule has 0 aromatic heterocycles. The van der Waals surface area contributed by atoms with Gasteiger partial charge in [0.2, 0.25) is 0 Å². The van der Waals surface area contributed by atoms with E-state index in [4.69, 9.17) is 9.84 Å². The van der Waals surface area contributed by atoms with Gasteiger partial charge in [-0.3, -0.25) is 0 Å². The zero-order valence-electron chi connectivity index (χ0n) is 5.35. The van der Waals surface area contributed by atoms with E-state index in [-0.39, 0.29) is 5.41 Å². The number of aliphatic hydroxyl groups is 1. The van der Waals surface area contributed by atoms with Crippen LogP contribution in [0.3, 0.4) is 0 Å². The van der Waals surface area contributed by atoms with Crippen molar-refractivity contribution in [1.82, 2.24) is 0 Å². The van der Waals surface area contributed by atoms with Crippen LogP contribution in [0.5, 0.6) is 0 Å². The van der Waals surface area contributed by atoms with Crippen LogP contribution < -0.4 is 0 Å². The van der Waals surface area contributed by atoms with E-state index in [9.17, 15) is 0 Å². The summed E-state index contributed by atoms with van der Waals surface area (Å²) in [6.45, 7) is 4.71. The molecule has 1 aliphatic heterocycles. The van der Waals surface area contributed by atoms with E-state index in [0.29, 0.717) is 6.61 Å². The van der Waals surface area contributed by atoms with Crippen LogP contribution in [0, 0.1) is 5.41 Å². The molecule has 0 amide bonds. The molecule has 1 aliphatic rings. The Morgan fingerprint density at radius 3 is 2.38 bits per heavy atom. The molecule has 2 nitrogen and oxygen atoms in total. The Morgan fingerprint density at radius 1 is 1.62 bits per heavy atom. The quantitative estimate of drug-likeness (QED) is 0.506. The van der Waals surface area contributed by atoms with Crippen LogP contribution in [0.25, 0.3) is 0 Å². The number of aliphatic hydroxyl groups excluding tert-OH is 1. The van der Waals surface area contributed by atoms with Crippen LogP contribution in [0.15, 0.2) is 0 Å². The highest BCUT2D eigenvalue weighted by molar-refractivity contribution is 4.76. The van der Waals surface area contributed by atoms with Crippen LogP contribution in [0.4, 0.5) is 0 Å². The van der Waals surface area contributed by atoms with Gasteiger partial charge in [0.05, 0.1) is 6.61 Å². The maximum absolute atomic E-state index is 9.03. The summed E-state index contributed by atoms with van der Waals surface area (Å²) in [7, 11) is 0. The van der Waals surface area contributed by atoms with E-state index in [1.54, 1.807) is 0 Å². The minimum absolute atomic E-state index is 0.0139. The van der Waals surface area contributed by atoms with Gasteiger partial charge in [-0.25, -0.2) is 0 Å². The van der Waals surface area contributed by atoms with Gasteiger partial charge in [0, 0.05) is 5.41 Å². The van der Waals surface area contributed by atoms with Gasteiger partial charge in [0.1, 0.15) is 0 Å². The third kappa shape index (κ3) is 0.858. The van der Waals surface area contributed by atoms with Gasteiger partial charge >= 0.3 is 0 Å². The fraction of sp³-hybridized carbons (Fsp3) is 1.00. The van der Waals surface area contributed by atoms with E-state index >= 15 is 0 Å². The van der Waals surface area contributed by atoms with Crippen molar-refractivity contribution in [1.29, 1.82) is 0 Å². The van der Waals surface area contributed by atoms with E-state index in [0.717, 1.165) is 6.42 Å². The zero-order valence-corrected chi connectivity index (χ0v) is 5.35. The first-order valence-electron chi connectivity index (χ1n) is 2.92. The first-order chi connectivity index (χ1) is 3.63. The topological polar surface area (TPSA) is 29.5 Å². The first kappa shape index (κ1) is 6.05. The van der Waals surface area contributed by atoms with E-state index < -0.39 is 6.29 Å². The number of hydrogen-bond acceptors (Lipinski definition) is 2. The second-order valence-electron chi connectivity index (χ2n) is 2.96. The van der Waals surface area contributed by atoms with E-state index in [1.807, 2.05) is 13.8 Å². The van der Waals surface area contributed by atoms with Crippen LogP contribution in [0.2, 0.25) is 0 Å². The van der Waals surface area contributed by atoms with Crippen molar-refractivity contribution in [3.8, 4) is 0 Å². The number of ether oxygens (including phenoxy) is 1. The molecule has 2 heteroatoms. The largest absolute Gasteiger partial charge is 0.368 e. The van der Waals surface area contributed by atoms with Gasteiger partial charge in [-0.1, -0.05) is 13.8 Å². The van der Waals surface area contributed by atoms with Crippen molar-refractivity contribution >= 4 is 0 Å². The van der Waals surface area contributed by atoms with Gasteiger partial charge in [0.25, 0.3) is 0 Å². The SMILES string of the molecule is CC1(C)CCOC1O. The predicted octanol–water partition coefficient (Wildman–Crippen LogP) is 0.751. The molecule has 8 heavy (non-hydrogen) atoms. The van der Waals surface area contributed by atoms with E-state index in [1.165, 1.54) is 0 Å². The van der Waals surface area contributed by atoms with Gasteiger partial charge in [-0.05, 0) is 6.42 Å². The normalized spacial score (nSPS) is 35.6. The summed E-state index contributed by atoms with van der Waals surface area (Å²) >= 11 is 0. The third-order valence-electron chi connectivity index (χ3n) is 1.69. The lowest BCUT2D eigenvalue weighted by Gasteiger charge is -2.18. The van der Waals surface area contributed by atoms with Crippen molar-refractivity contribution in [2.24, 2.45) is 5.41 Å². The maximum atomic E-state index is 9.03. The molecule has 1 fully saturated rings.